The van der Waals surface area contributed by atoms with E-state index in [0.29, 0.717) is 43.3 Å². The summed E-state index contributed by atoms with van der Waals surface area (Å²) in [6.07, 6.45) is 11.8. The molecule has 0 radical (unpaired) electrons. The topological polar surface area (TPSA) is 213 Å². The van der Waals surface area contributed by atoms with Crippen molar-refractivity contribution in [1.29, 1.82) is 15.8 Å². The first-order valence-electron chi connectivity index (χ1n) is 35.2. The van der Waals surface area contributed by atoms with Crippen LogP contribution in [0.25, 0.3) is 83.3 Å². The molecule has 15 rings (SSSR count). The second-order valence-corrected chi connectivity index (χ2v) is 40.6. The number of hydrogen-bond donors (Lipinski definition) is 0. The molecular weight excluding hydrogens is 1400 g/mol. The Morgan fingerprint density at radius 1 is 0.430 bits per heavy atom. The van der Waals surface area contributed by atoms with E-state index < -0.39 is 37.7 Å². The van der Waals surface area contributed by atoms with E-state index in [0.717, 1.165) is 150 Å². The standard InChI is InChI=1S/2C29H28FN4OP.C28H26FN4OP/c1-18-12-21(17-33-28(18)36(4,5)35)26-24-13-19-15-32-16-20(19)14-25(24)34(23-8-6-22(30)7-9-23)27(26)29(2,3)10-11-31;1-18-12-26(36(4,5)35)33-17-24(18)27-23-13-19-15-32-16-20(19)14-25(23)34(22-8-6-21(30)7-9-22)28(27)29(2,3)10-11-31;1-28(2,11-12-30)27-26(24-10-9-22(17-32-24)35(3,4)34)23-13-18-15-31-16-19(18)14-25(23)33(27)21-7-5-20(29)6-8-21/h2*6-9,12-14,16-17H,10,15H2,1-5H3;5-10,13-14,16-17H,11,15H2,1-4H3. The summed E-state index contributed by atoms with van der Waals surface area (Å²) in [4.78, 5) is 27.4. The van der Waals surface area contributed by atoms with Crippen molar-refractivity contribution < 1.29 is 26.9 Å². The third-order valence-electron chi connectivity index (χ3n) is 20.3. The number of benzene rings is 6. The van der Waals surface area contributed by atoms with E-state index in [1.165, 1.54) is 36.4 Å². The molecule has 540 valence electrons. The van der Waals surface area contributed by atoms with E-state index in [1.54, 1.807) is 88.8 Å². The molecule has 12 aromatic rings. The Morgan fingerprint density at radius 3 is 1.18 bits per heavy atom. The van der Waals surface area contributed by atoms with Gasteiger partial charge in [0.1, 0.15) is 44.3 Å². The molecule has 3 aliphatic heterocycles. The molecule has 107 heavy (non-hydrogen) atoms. The Bertz CT molecular complexity index is 6000. The van der Waals surface area contributed by atoms with Gasteiger partial charge in [0.05, 0.1) is 65.5 Å². The van der Waals surface area contributed by atoms with E-state index >= 15 is 0 Å². The Hall–Kier alpha value is -10.7. The number of nitrogens with zero attached hydrogens (tertiary/aromatic N) is 12. The average molecular weight is 1480 g/mol. The van der Waals surface area contributed by atoms with Gasteiger partial charge in [0, 0.05) is 156 Å². The third kappa shape index (κ3) is 14.3. The van der Waals surface area contributed by atoms with Gasteiger partial charge in [0.25, 0.3) is 0 Å². The van der Waals surface area contributed by atoms with Crippen molar-refractivity contribution in [2.24, 2.45) is 15.0 Å². The Balaban J connectivity index is 0.000000142. The van der Waals surface area contributed by atoms with E-state index in [1.807, 2.05) is 76.8 Å². The molecule has 15 nitrogen and oxygen atoms in total. The van der Waals surface area contributed by atoms with Gasteiger partial charge < -0.3 is 27.4 Å². The number of rotatable bonds is 15. The van der Waals surface area contributed by atoms with Crippen LogP contribution in [0.1, 0.15) is 122 Å². The molecule has 0 bridgehead atoms. The van der Waals surface area contributed by atoms with E-state index in [-0.39, 0.29) is 23.9 Å². The van der Waals surface area contributed by atoms with Gasteiger partial charge in [-0.15, -0.1) is 0 Å². The number of hydrogen-bond acceptors (Lipinski definition) is 12. The minimum Gasteiger partial charge on any atom is -0.319 e. The summed E-state index contributed by atoms with van der Waals surface area (Å²) >= 11 is 0. The first-order chi connectivity index (χ1) is 50.6. The second-order valence-electron chi connectivity index (χ2n) is 31.1. The van der Waals surface area contributed by atoms with Crippen molar-refractivity contribution in [2.45, 2.75) is 111 Å². The minimum atomic E-state index is -2.54. The molecule has 21 heteroatoms. The van der Waals surface area contributed by atoms with Crippen molar-refractivity contribution in [1.82, 2.24) is 28.7 Å². The fourth-order valence-electron chi connectivity index (χ4n) is 15.1. The molecule has 0 fully saturated rings. The highest BCUT2D eigenvalue weighted by molar-refractivity contribution is 7.70. The maximum Gasteiger partial charge on any atom is 0.127 e. The van der Waals surface area contributed by atoms with Crippen LogP contribution in [0.15, 0.2) is 167 Å². The fraction of sp³-hybridized carbons (Fsp3) is 0.267. The number of aromatic nitrogens is 6. The molecule has 0 unspecified atom stereocenters. The zero-order valence-electron chi connectivity index (χ0n) is 62.5. The Labute approximate surface area is 622 Å². The third-order valence-corrected chi connectivity index (χ3v) is 24.6. The van der Waals surface area contributed by atoms with Crippen LogP contribution in [-0.2, 0) is 49.6 Å². The van der Waals surface area contributed by atoms with Gasteiger partial charge in [-0.25, -0.2) is 13.2 Å². The summed E-state index contributed by atoms with van der Waals surface area (Å²) in [6, 6.07) is 47.0. The van der Waals surface area contributed by atoms with Crippen molar-refractivity contribution in [3.05, 3.63) is 231 Å². The largest absolute Gasteiger partial charge is 0.319 e. The quantitative estimate of drug-likeness (QED) is 0.0892. The predicted molar refractivity (Wildman–Crippen MR) is 430 cm³/mol. The zero-order chi connectivity index (χ0) is 76.6. The highest BCUT2D eigenvalue weighted by Gasteiger charge is 2.37. The summed E-state index contributed by atoms with van der Waals surface area (Å²) in [7, 11) is -7.52. The summed E-state index contributed by atoms with van der Waals surface area (Å²) < 4.78 is 86.2. The van der Waals surface area contributed by atoms with Crippen LogP contribution >= 0.6 is 21.4 Å². The summed E-state index contributed by atoms with van der Waals surface area (Å²) in [6.45, 7) is 28.5. The summed E-state index contributed by atoms with van der Waals surface area (Å²) in [5.74, 6) is -0.919. The predicted octanol–water partition coefficient (Wildman–Crippen LogP) is 19.2. The number of aryl methyl sites for hydroxylation is 2. The first-order valence-corrected chi connectivity index (χ1v) is 43.0. The van der Waals surface area contributed by atoms with Crippen LogP contribution in [0, 0.1) is 65.3 Å². The lowest BCUT2D eigenvalue weighted by Gasteiger charge is -2.27. The number of pyridine rings is 3. The zero-order valence-corrected chi connectivity index (χ0v) is 65.2. The lowest BCUT2D eigenvalue weighted by molar-refractivity contribution is 0.515. The molecule has 0 N–H and O–H groups in total. The maximum atomic E-state index is 13.9. The first kappa shape index (κ1) is 74.6. The fourth-order valence-corrected chi connectivity index (χ4v) is 17.9. The smallest absolute Gasteiger partial charge is 0.127 e. The van der Waals surface area contributed by atoms with Crippen LogP contribution in [-0.4, -0.2) is 87.3 Å². The Morgan fingerprint density at radius 2 is 0.822 bits per heavy atom. The van der Waals surface area contributed by atoms with Crippen molar-refractivity contribution in [2.75, 3.05) is 40.0 Å². The number of fused-ring (bicyclic) bond motifs is 6. The summed E-state index contributed by atoms with van der Waals surface area (Å²) in [5, 5.41) is 32.9. The molecule has 6 aromatic carbocycles. The lowest BCUT2D eigenvalue weighted by atomic mass is 9.81. The number of halogens is 3. The molecule has 3 aliphatic rings. The van der Waals surface area contributed by atoms with Crippen LogP contribution < -0.4 is 16.2 Å². The molecule has 0 aliphatic carbocycles. The molecule has 0 saturated carbocycles. The molecule has 9 heterocycles. The van der Waals surface area contributed by atoms with Gasteiger partial charge in [0.2, 0.25) is 0 Å². The van der Waals surface area contributed by atoms with Gasteiger partial charge in [0.15, 0.2) is 0 Å². The monoisotopic (exact) mass is 1480 g/mol. The lowest BCUT2D eigenvalue weighted by Crippen LogP contribution is -2.22. The van der Waals surface area contributed by atoms with E-state index in [9.17, 15) is 42.7 Å². The van der Waals surface area contributed by atoms with Crippen molar-refractivity contribution >= 4 is 89.0 Å². The van der Waals surface area contributed by atoms with Gasteiger partial charge in [-0.05, 0) is 232 Å². The molecule has 0 atom stereocenters. The van der Waals surface area contributed by atoms with Gasteiger partial charge >= 0.3 is 0 Å². The second kappa shape index (κ2) is 28.2. The maximum absolute atomic E-state index is 13.9. The molecule has 0 saturated heterocycles. The normalized spacial score (nSPS) is 13.3. The summed E-state index contributed by atoms with van der Waals surface area (Å²) in [5.41, 5.74) is 21.6. The molecule has 0 spiro atoms. The molecule has 6 aromatic heterocycles. The van der Waals surface area contributed by atoms with Crippen LogP contribution in [0.2, 0.25) is 0 Å². The highest BCUT2D eigenvalue weighted by atomic mass is 31.2. The van der Waals surface area contributed by atoms with E-state index in [4.69, 9.17) is 4.98 Å². The number of nitriles is 3. The van der Waals surface area contributed by atoms with Crippen molar-refractivity contribution in [3.63, 3.8) is 0 Å². The Kier molecular flexibility index (Phi) is 19.7. The van der Waals surface area contributed by atoms with Crippen LogP contribution in [0.4, 0.5) is 13.2 Å². The molecular formula is C86H82F3N12O3P3. The SMILES string of the molecule is CC(C)(CC#N)c1c(-c2ccc(P(C)(C)=O)cn2)c2cc3c(cc2n1-c1ccc(F)cc1)C=NC3.Cc1cc(-c2c(C(C)(C)CC#N)n(-c3ccc(F)cc3)c3cc4c(cc23)CN=C4)cnc1P(C)(C)=O.Cc1cc(P(C)(C)=O)ncc1-c1c(C(C)(C)CC#N)n(-c2ccc(F)cc2)c2cc3c(cc12)CN=C3. The van der Waals surface area contributed by atoms with Gasteiger partial charge in [-0.1, -0.05) is 41.5 Å². The van der Waals surface area contributed by atoms with Gasteiger partial charge in [-0.2, -0.15) is 15.8 Å². The van der Waals surface area contributed by atoms with Crippen molar-refractivity contribution in [3.8, 4) is 68.8 Å². The van der Waals surface area contributed by atoms with E-state index in [2.05, 4.69) is 121 Å². The molecule has 0 amide bonds. The van der Waals surface area contributed by atoms with Gasteiger partial charge in [-0.3, -0.25) is 29.9 Å². The average Bonchev–Trinajstić information content (AvgIpc) is 1.58. The highest BCUT2D eigenvalue weighted by Crippen LogP contribution is 2.50. The number of aliphatic imine (C=N–C) groups is 3. The minimum absolute atomic E-state index is 0.288. The van der Waals surface area contributed by atoms with Crippen LogP contribution in [0.3, 0.4) is 0 Å². The van der Waals surface area contributed by atoms with Crippen LogP contribution in [0.5, 0.6) is 0 Å².